The first kappa shape index (κ1) is 19.7. The second-order valence-corrected chi connectivity index (χ2v) is 7.18. The third-order valence-electron chi connectivity index (χ3n) is 4.71. The van der Waals surface area contributed by atoms with E-state index in [1.165, 1.54) is 0 Å². The molecular formula is C19H28BNO4. The van der Waals surface area contributed by atoms with Gasteiger partial charge in [0.25, 0.3) is 0 Å². The molecule has 1 aromatic rings. The highest BCUT2D eigenvalue weighted by Crippen LogP contribution is 2.38. The Labute approximate surface area is 150 Å². The lowest BCUT2D eigenvalue weighted by atomic mass is 9.77. The van der Waals surface area contributed by atoms with E-state index in [0.29, 0.717) is 18.7 Å². The summed E-state index contributed by atoms with van der Waals surface area (Å²) in [6, 6.07) is 7.33. The van der Waals surface area contributed by atoms with E-state index in [2.05, 4.69) is 5.32 Å². The van der Waals surface area contributed by atoms with Gasteiger partial charge < -0.3 is 19.4 Å². The zero-order valence-corrected chi connectivity index (χ0v) is 16.0. The van der Waals surface area contributed by atoms with Crippen LogP contribution in [0.1, 0.15) is 50.5 Å². The number of benzene rings is 1. The van der Waals surface area contributed by atoms with Gasteiger partial charge in [-0.25, -0.2) is 4.79 Å². The molecule has 0 saturated carbocycles. The summed E-state index contributed by atoms with van der Waals surface area (Å²) in [5.41, 5.74) is 1.78. The molecule has 0 aliphatic carbocycles. The van der Waals surface area contributed by atoms with Crippen molar-refractivity contribution in [2.24, 2.45) is 0 Å². The third-order valence-corrected chi connectivity index (χ3v) is 4.71. The molecule has 1 heterocycles. The van der Waals surface area contributed by atoms with Gasteiger partial charge in [-0.3, -0.25) is 0 Å². The van der Waals surface area contributed by atoms with E-state index in [1.54, 1.807) is 19.1 Å². The van der Waals surface area contributed by atoms with Crippen LogP contribution >= 0.6 is 0 Å². The molecule has 25 heavy (non-hydrogen) atoms. The summed E-state index contributed by atoms with van der Waals surface area (Å²) in [4.78, 5) is 11.7. The van der Waals surface area contributed by atoms with E-state index < -0.39 is 7.12 Å². The largest absolute Gasteiger partial charge is 0.491 e. The van der Waals surface area contributed by atoms with Gasteiger partial charge in [0.15, 0.2) is 0 Å². The normalized spacial score (nSPS) is 19.1. The third kappa shape index (κ3) is 4.51. The Hall–Kier alpha value is -1.63. The summed E-state index contributed by atoms with van der Waals surface area (Å²) < 4.78 is 17.3. The van der Waals surface area contributed by atoms with E-state index in [-0.39, 0.29) is 17.2 Å². The van der Waals surface area contributed by atoms with Crippen molar-refractivity contribution in [3.63, 3.8) is 0 Å². The standard InChI is InChI=1S/C19H28BNO4/c1-7-23-17(22)15-10-8-14(9-11-15)12-16(13-21-6)20-24-18(2,3)19(4,5)25-20/h8-12,21H,7,13H2,1-6H3. The quantitative estimate of drug-likeness (QED) is 0.634. The summed E-state index contributed by atoms with van der Waals surface area (Å²) in [6.45, 7) is 11.0. The number of carbonyl (C=O) groups is 1. The molecule has 5 nitrogen and oxygen atoms in total. The van der Waals surface area contributed by atoms with Gasteiger partial charge in [-0.15, -0.1) is 0 Å². The molecule has 0 radical (unpaired) electrons. The molecule has 0 aromatic heterocycles. The SMILES string of the molecule is CCOC(=O)c1ccc(C=C(CNC)B2OC(C)(C)C(C)(C)O2)cc1. The lowest BCUT2D eigenvalue weighted by Crippen LogP contribution is -2.41. The first-order valence-corrected chi connectivity index (χ1v) is 8.68. The fourth-order valence-corrected chi connectivity index (χ4v) is 2.54. The maximum atomic E-state index is 11.7. The molecule has 1 saturated heterocycles. The van der Waals surface area contributed by atoms with Crippen LogP contribution in [0, 0.1) is 0 Å². The van der Waals surface area contributed by atoms with Crippen LogP contribution in [0.2, 0.25) is 0 Å². The zero-order chi connectivity index (χ0) is 18.7. The zero-order valence-electron chi connectivity index (χ0n) is 16.0. The molecule has 1 aliphatic heterocycles. The number of hydrogen-bond acceptors (Lipinski definition) is 5. The van der Waals surface area contributed by atoms with E-state index in [4.69, 9.17) is 14.0 Å². The second kappa shape index (κ2) is 7.73. The first-order chi connectivity index (χ1) is 11.7. The minimum atomic E-state index is -0.401. The number of likely N-dealkylation sites (N-methyl/N-ethyl adjacent to an activating group) is 1. The number of hydrogen-bond donors (Lipinski definition) is 1. The Kier molecular flexibility index (Phi) is 6.09. The Morgan fingerprint density at radius 3 is 2.20 bits per heavy atom. The average molecular weight is 345 g/mol. The molecule has 0 spiro atoms. The van der Waals surface area contributed by atoms with Gasteiger partial charge in [0.2, 0.25) is 0 Å². The molecular weight excluding hydrogens is 317 g/mol. The van der Waals surface area contributed by atoms with Crippen molar-refractivity contribution in [2.75, 3.05) is 20.2 Å². The van der Waals surface area contributed by atoms with Crippen molar-refractivity contribution in [3.05, 3.63) is 40.9 Å². The molecule has 1 N–H and O–H groups in total. The molecule has 6 heteroatoms. The summed E-state index contributed by atoms with van der Waals surface area (Å²) in [6.07, 6.45) is 2.04. The highest BCUT2D eigenvalue weighted by Gasteiger charge is 2.52. The van der Waals surface area contributed by atoms with Crippen molar-refractivity contribution in [2.45, 2.75) is 45.8 Å². The molecule has 1 aromatic carbocycles. The van der Waals surface area contributed by atoms with Crippen molar-refractivity contribution in [1.82, 2.24) is 5.32 Å². The minimum Gasteiger partial charge on any atom is -0.462 e. The minimum absolute atomic E-state index is 0.306. The Balaban J connectivity index is 2.21. The van der Waals surface area contributed by atoms with Gasteiger partial charge in [-0.05, 0) is 64.8 Å². The molecule has 0 amide bonds. The van der Waals surface area contributed by atoms with Crippen LogP contribution in [0.5, 0.6) is 0 Å². The summed E-state index contributed by atoms with van der Waals surface area (Å²) in [7, 11) is 1.49. The Bertz CT molecular complexity index is 621. The molecule has 0 atom stereocenters. The van der Waals surface area contributed by atoms with E-state index in [9.17, 15) is 4.79 Å². The number of rotatable bonds is 6. The van der Waals surface area contributed by atoms with Crippen LogP contribution in [0.15, 0.2) is 29.7 Å². The molecule has 2 rings (SSSR count). The summed E-state index contributed by atoms with van der Waals surface area (Å²) in [5.74, 6) is -0.306. The molecule has 1 fully saturated rings. The van der Waals surface area contributed by atoms with Crippen LogP contribution in [-0.4, -0.2) is 44.5 Å². The van der Waals surface area contributed by atoms with Crippen molar-refractivity contribution in [3.8, 4) is 0 Å². The van der Waals surface area contributed by atoms with Crippen molar-refractivity contribution < 1.29 is 18.8 Å². The van der Waals surface area contributed by atoms with E-state index in [1.807, 2.05) is 53.0 Å². The number of esters is 1. The lowest BCUT2D eigenvalue weighted by Gasteiger charge is -2.32. The molecule has 0 unspecified atom stereocenters. The Morgan fingerprint density at radius 1 is 1.16 bits per heavy atom. The van der Waals surface area contributed by atoms with Crippen LogP contribution in [-0.2, 0) is 14.0 Å². The number of ether oxygens (including phenoxy) is 1. The predicted octanol–water partition coefficient (Wildman–Crippen LogP) is 3.10. The fourth-order valence-electron chi connectivity index (χ4n) is 2.54. The first-order valence-electron chi connectivity index (χ1n) is 8.68. The van der Waals surface area contributed by atoms with Gasteiger partial charge in [0.1, 0.15) is 0 Å². The van der Waals surface area contributed by atoms with Gasteiger partial charge in [-0.1, -0.05) is 18.2 Å². The van der Waals surface area contributed by atoms with Gasteiger partial charge >= 0.3 is 13.1 Å². The Morgan fingerprint density at radius 2 is 1.72 bits per heavy atom. The molecule has 136 valence electrons. The van der Waals surface area contributed by atoms with Crippen LogP contribution < -0.4 is 5.32 Å². The topological polar surface area (TPSA) is 56.8 Å². The summed E-state index contributed by atoms with van der Waals surface area (Å²) >= 11 is 0. The lowest BCUT2D eigenvalue weighted by molar-refractivity contribution is 0.00578. The average Bonchev–Trinajstić information content (AvgIpc) is 2.76. The predicted molar refractivity (Wildman–Crippen MR) is 100 cm³/mol. The molecule has 1 aliphatic rings. The smallest absolute Gasteiger partial charge is 0.462 e. The monoisotopic (exact) mass is 345 g/mol. The fraction of sp³-hybridized carbons (Fsp3) is 0.526. The van der Waals surface area contributed by atoms with Gasteiger partial charge in [0.05, 0.1) is 23.4 Å². The van der Waals surface area contributed by atoms with E-state index >= 15 is 0 Å². The number of nitrogens with one attached hydrogen (secondary N) is 1. The maximum Gasteiger partial charge on any atom is 0.491 e. The second-order valence-electron chi connectivity index (χ2n) is 7.18. The van der Waals surface area contributed by atoms with E-state index in [0.717, 1.165) is 11.0 Å². The van der Waals surface area contributed by atoms with Crippen molar-refractivity contribution >= 4 is 19.2 Å². The molecule has 0 bridgehead atoms. The van der Waals surface area contributed by atoms with Crippen LogP contribution in [0.4, 0.5) is 0 Å². The van der Waals surface area contributed by atoms with Gasteiger partial charge in [-0.2, -0.15) is 0 Å². The van der Waals surface area contributed by atoms with Crippen LogP contribution in [0.25, 0.3) is 6.08 Å². The maximum absolute atomic E-state index is 11.7. The van der Waals surface area contributed by atoms with Gasteiger partial charge in [0, 0.05) is 6.54 Å². The van der Waals surface area contributed by atoms with Crippen LogP contribution in [0.3, 0.4) is 0 Å². The number of carbonyl (C=O) groups excluding carboxylic acids is 1. The van der Waals surface area contributed by atoms with Crippen molar-refractivity contribution in [1.29, 1.82) is 0 Å². The summed E-state index contributed by atoms with van der Waals surface area (Å²) in [5, 5.41) is 3.16. The highest BCUT2D eigenvalue weighted by atomic mass is 16.7. The highest BCUT2D eigenvalue weighted by molar-refractivity contribution is 6.55.